The second kappa shape index (κ2) is 7.60. The van der Waals surface area contributed by atoms with Gasteiger partial charge >= 0.3 is 6.09 Å². The first-order valence-corrected chi connectivity index (χ1v) is 9.29. The van der Waals surface area contributed by atoms with E-state index in [1.165, 1.54) is 4.90 Å². The largest absolute Gasteiger partial charge is 0.465 e. The number of benzene rings is 2. The fraction of sp³-hybridized carbons (Fsp3) is 0.182. The Hall–Kier alpha value is -3.92. The molecule has 1 aromatic heterocycles. The molecular weight excluding hydrogens is 368 g/mol. The molecule has 0 unspecified atom stereocenters. The summed E-state index contributed by atoms with van der Waals surface area (Å²) < 4.78 is 7.56. The molecule has 1 saturated heterocycles. The maximum atomic E-state index is 11.2. The normalized spacial score (nSPS) is 15.8. The first-order chi connectivity index (χ1) is 14.1. The molecule has 0 bridgehead atoms. The number of nitrogens with zero attached hydrogens (tertiary/aromatic N) is 3. The Morgan fingerprint density at radius 2 is 1.83 bits per heavy atom. The molecule has 1 amide bonds. The van der Waals surface area contributed by atoms with E-state index in [1.807, 2.05) is 60.8 Å². The van der Waals surface area contributed by atoms with Crippen molar-refractivity contribution in [2.75, 3.05) is 18.8 Å². The van der Waals surface area contributed by atoms with Gasteiger partial charge in [0.25, 0.3) is 0 Å². The summed E-state index contributed by atoms with van der Waals surface area (Å²) in [4.78, 5) is 12.6. The van der Waals surface area contributed by atoms with Crippen LogP contribution in [-0.2, 0) is 0 Å². The SMILES string of the molecule is N#Cc1c(N)c([C@@H]2CCN(C(=O)O)C2)cn1-c1ccc(Oc2ccccc2)cc1. The third-order valence-corrected chi connectivity index (χ3v) is 5.17. The highest BCUT2D eigenvalue weighted by Crippen LogP contribution is 2.35. The number of nitrogens with two attached hydrogens (primary N) is 1. The van der Waals surface area contributed by atoms with E-state index >= 15 is 0 Å². The lowest BCUT2D eigenvalue weighted by Crippen LogP contribution is -2.26. The summed E-state index contributed by atoms with van der Waals surface area (Å²) in [5, 5.41) is 18.8. The molecule has 0 aliphatic carbocycles. The number of nitrogen functional groups attached to an aromatic ring is 1. The Labute approximate surface area is 168 Å². The summed E-state index contributed by atoms with van der Waals surface area (Å²) >= 11 is 0. The van der Waals surface area contributed by atoms with Crippen molar-refractivity contribution in [2.24, 2.45) is 0 Å². The third kappa shape index (κ3) is 3.60. The highest BCUT2D eigenvalue weighted by Gasteiger charge is 2.30. The number of anilines is 1. The van der Waals surface area contributed by atoms with Crippen LogP contribution in [0.15, 0.2) is 60.8 Å². The standard InChI is InChI=1S/C22H20N4O3/c23-12-20-21(24)19(15-10-11-25(13-15)22(27)28)14-26(20)16-6-8-18(9-7-16)29-17-4-2-1-3-5-17/h1-9,14-15H,10-11,13,24H2,(H,27,28)/t15-/m1/s1. The minimum absolute atomic E-state index is 0.0138. The number of carboxylic acid groups (broad SMARTS) is 1. The van der Waals surface area contributed by atoms with Crippen molar-refractivity contribution in [1.29, 1.82) is 5.26 Å². The number of rotatable bonds is 4. The molecule has 3 aromatic rings. The molecule has 1 aliphatic rings. The maximum Gasteiger partial charge on any atom is 0.407 e. The molecule has 29 heavy (non-hydrogen) atoms. The zero-order valence-corrected chi connectivity index (χ0v) is 15.7. The number of para-hydroxylation sites is 1. The van der Waals surface area contributed by atoms with Crippen molar-refractivity contribution < 1.29 is 14.6 Å². The molecule has 0 saturated carbocycles. The number of nitriles is 1. The summed E-state index contributed by atoms with van der Waals surface area (Å²) in [5.74, 6) is 1.42. The number of hydrogen-bond donors (Lipinski definition) is 2. The highest BCUT2D eigenvalue weighted by molar-refractivity contribution is 5.67. The number of ether oxygens (including phenoxy) is 1. The molecule has 3 N–H and O–H groups in total. The van der Waals surface area contributed by atoms with E-state index in [0.29, 0.717) is 36.6 Å². The molecule has 7 heteroatoms. The maximum absolute atomic E-state index is 11.2. The van der Waals surface area contributed by atoms with Crippen molar-refractivity contribution in [1.82, 2.24) is 9.47 Å². The van der Waals surface area contributed by atoms with Gasteiger partial charge in [0, 0.05) is 30.9 Å². The van der Waals surface area contributed by atoms with Gasteiger partial charge in [-0.25, -0.2) is 4.79 Å². The average Bonchev–Trinajstić information content (AvgIpc) is 3.34. The van der Waals surface area contributed by atoms with E-state index in [-0.39, 0.29) is 5.92 Å². The van der Waals surface area contributed by atoms with Gasteiger partial charge in [0.05, 0.1) is 5.69 Å². The Bertz CT molecular complexity index is 1070. The van der Waals surface area contributed by atoms with Gasteiger partial charge in [-0.15, -0.1) is 0 Å². The van der Waals surface area contributed by atoms with E-state index in [1.54, 1.807) is 4.57 Å². The molecule has 1 aliphatic heterocycles. The zero-order valence-electron chi connectivity index (χ0n) is 15.7. The summed E-state index contributed by atoms with van der Waals surface area (Å²) in [6.07, 6.45) is 1.60. The van der Waals surface area contributed by atoms with Crippen LogP contribution in [0, 0.1) is 11.3 Å². The van der Waals surface area contributed by atoms with Crippen molar-refractivity contribution in [3.8, 4) is 23.3 Å². The second-order valence-corrected chi connectivity index (χ2v) is 6.95. The first kappa shape index (κ1) is 18.4. The van der Waals surface area contributed by atoms with E-state index in [4.69, 9.17) is 10.5 Å². The van der Waals surface area contributed by atoms with Crippen LogP contribution in [0.1, 0.15) is 23.6 Å². The predicted molar refractivity (Wildman–Crippen MR) is 108 cm³/mol. The Kier molecular flexibility index (Phi) is 4.83. The smallest absolute Gasteiger partial charge is 0.407 e. The summed E-state index contributed by atoms with van der Waals surface area (Å²) in [7, 11) is 0. The van der Waals surface area contributed by atoms with Gasteiger partial charge < -0.3 is 25.0 Å². The van der Waals surface area contributed by atoms with Gasteiger partial charge in [-0.2, -0.15) is 5.26 Å². The number of likely N-dealkylation sites (tertiary alicyclic amines) is 1. The molecule has 2 heterocycles. The lowest BCUT2D eigenvalue weighted by atomic mass is 10.00. The number of amides is 1. The van der Waals surface area contributed by atoms with Gasteiger partial charge in [0.2, 0.25) is 0 Å². The van der Waals surface area contributed by atoms with Crippen molar-refractivity contribution in [3.63, 3.8) is 0 Å². The van der Waals surface area contributed by atoms with Crippen LogP contribution in [0.5, 0.6) is 11.5 Å². The molecule has 1 atom stereocenters. The number of aromatic nitrogens is 1. The summed E-state index contributed by atoms with van der Waals surface area (Å²) in [6, 6.07) is 19.1. The number of hydrogen-bond acceptors (Lipinski definition) is 4. The molecule has 146 valence electrons. The van der Waals surface area contributed by atoms with E-state index in [9.17, 15) is 15.2 Å². The van der Waals surface area contributed by atoms with Crippen LogP contribution < -0.4 is 10.5 Å². The molecule has 1 fully saturated rings. The third-order valence-electron chi connectivity index (χ3n) is 5.17. The Balaban J connectivity index is 1.60. The van der Waals surface area contributed by atoms with E-state index in [2.05, 4.69) is 6.07 Å². The molecule has 7 nitrogen and oxygen atoms in total. The highest BCUT2D eigenvalue weighted by atomic mass is 16.5. The van der Waals surface area contributed by atoms with E-state index in [0.717, 1.165) is 17.0 Å². The molecule has 2 aromatic carbocycles. The van der Waals surface area contributed by atoms with Crippen LogP contribution in [0.3, 0.4) is 0 Å². The summed E-state index contributed by atoms with van der Waals surface area (Å²) in [5.41, 5.74) is 8.62. The van der Waals surface area contributed by atoms with E-state index < -0.39 is 6.09 Å². The van der Waals surface area contributed by atoms with Gasteiger partial charge in [-0.1, -0.05) is 18.2 Å². The van der Waals surface area contributed by atoms with Gasteiger partial charge in [0.1, 0.15) is 23.3 Å². The van der Waals surface area contributed by atoms with Crippen molar-refractivity contribution in [2.45, 2.75) is 12.3 Å². The van der Waals surface area contributed by atoms with Crippen LogP contribution in [0.25, 0.3) is 5.69 Å². The molecule has 0 spiro atoms. The second-order valence-electron chi connectivity index (χ2n) is 6.95. The Morgan fingerprint density at radius 1 is 1.14 bits per heavy atom. The minimum atomic E-state index is -0.931. The monoisotopic (exact) mass is 388 g/mol. The molecular formula is C22H20N4O3. The van der Waals surface area contributed by atoms with Crippen LogP contribution >= 0.6 is 0 Å². The van der Waals surface area contributed by atoms with Crippen molar-refractivity contribution in [3.05, 3.63) is 72.1 Å². The number of carbonyl (C=O) groups is 1. The first-order valence-electron chi connectivity index (χ1n) is 9.29. The van der Waals surface area contributed by atoms with Gasteiger partial charge in [-0.3, -0.25) is 0 Å². The lowest BCUT2D eigenvalue weighted by molar-refractivity contribution is 0.155. The van der Waals surface area contributed by atoms with Crippen LogP contribution in [-0.4, -0.2) is 33.8 Å². The quantitative estimate of drug-likeness (QED) is 0.697. The predicted octanol–water partition coefficient (Wildman–Crippen LogP) is 4.19. The van der Waals surface area contributed by atoms with Gasteiger partial charge in [-0.05, 0) is 48.4 Å². The fourth-order valence-electron chi connectivity index (χ4n) is 3.67. The van der Waals surface area contributed by atoms with Crippen LogP contribution in [0.2, 0.25) is 0 Å². The molecule has 0 radical (unpaired) electrons. The Morgan fingerprint density at radius 3 is 2.45 bits per heavy atom. The topological polar surface area (TPSA) is 105 Å². The molecule has 4 rings (SSSR count). The average molecular weight is 388 g/mol. The minimum Gasteiger partial charge on any atom is -0.465 e. The van der Waals surface area contributed by atoms with Crippen molar-refractivity contribution >= 4 is 11.8 Å². The zero-order chi connectivity index (χ0) is 20.4. The fourth-order valence-corrected chi connectivity index (χ4v) is 3.67. The van der Waals surface area contributed by atoms with Gasteiger partial charge in [0.15, 0.2) is 0 Å². The van der Waals surface area contributed by atoms with Crippen LogP contribution in [0.4, 0.5) is 10.5 Å². The summed E-state index contributed by atoms with van der Waals surface area (Å²) in [6.45, 7) is 0.857. The lowest BCUT2D eigenvalue weighted by Gasteiger charge is -2.11.